The Bertz CT molecular complexity index is 642. The number of aryl methyl sites for hydroxylation is 2. The van der Waals surface area contributed by atoms with Gasteiger partial charge in [0.2, 0.25) is 11.8 Å². The van der Waals surface area contributed by atoms with Crippen LogP contribution in [0.3, 0.4) is 0 Å². The second-order valence-corrected chi connectivity index (χ2v) is 5.20. The molecule has 116 valence electrons. The number of furan rings is 1. The summed E-state index contributed by atoms with van der Waals surface area (Å²) >= 11 is 0. The molecule has 2 amide bonds. The van der Waals surface area contributed by atoms with Gasteiger partial charge in [0.15, 0.2) is 0 Å². The third-order valence-electron chi connectivity index (χ3n) is 3.43. The lowest BCUT2D eigenvalue weighted by Crippen LogP contribution is -2.40. The second-order valence-electron chi connectivity index (χ2n) is 5.20. The van der Waals surface area contributed by atoms with Crippen molar-refractivity contribution in [2.24, 2.45) is 0 Å². The fourth-order valence-corrected chi connectivity index (χ4v) is 2.38. The largest absolute Gasteiger partial charge is 0.467 e. The minimum Gasteiger partial charge on any atom is -0.467 e. The smallest absolute Gasteiger partial charge is 0.240 e. The highest BCUT2D eigenvalue weighted by Gasteiger charge is 2.19. The van der Waals surface area contributed by atoms with E-state index in [1.807, 2.05) is 32.0 Å². The van der Waals surface area contributed by atoms with E-state index in [1.165, 1.54) is 11.8 Å². The van der Waals surface area contributed by atoms with Gasteiger partial charge in [-0.25, -0.2) is 0 Å². The van der Waals surface area contributed by atoms with Gasteiger partial charge in [-0.1, -0.05) is 18.2 Å². The summed E-state index contributed by atoms with van der Waals surface area (Å²) in [5, 5.41) is 2.75. The van der Waals surface area contributed by atoms with Crippen LogP contribution in [0.4, 0.5) is 5.69 Å². The summed E-state index contributed by atoms with van der Waals surface area (Å²) < 4.78 is 5.16. The van der Waals surface area contributed by atoms with E-state index in [-0.39, 0.29) is 18.4 Å². The van der Waals surface area contributed by atoms with E-state index in [2.05, 4.69) is 5.32 Å². The molecule has 0 spiro atoms. The van der Waals surface area contributed by atoms with Crippen molar-refractivity contribution in [3.8, 4) is 0 Å². The van der Waals surface area contributed by atoms with Crippen LogP contribution in [0.25, 0.3) is 0 Å². The van der Waals surface area contributed by atoms with E-state index < -0.39 is 0 Å². The van der Waals surface area contributed by atoms with Crippen LogP contribution in [-0.4, -0.2) is 18.4 Å². The zero-order chi connectivity index (χ0) is 16.1. The van der Waals surface area contributed by atoms with E-state index in [9.17, 15) is 9.59 Å². The molecule has 1 aromatic carbocycles. The monoisotopic (exact) mass is 300 g/mol. The Balaban J connectivity index is 2.09. The third kappa shape index (κ3) is 3.75. The van der Waals surface area contributed by atoms with Crippen LogP contribution in [-0.2, 0) is 16.1 Å². The Hall–Kier alpha value is -2.56. The number of rotatable bonds is 5. The Morgan fingerprint density at radius 3 is 2.36 bits per heavy atom. The molecule has 0 saturated heterocycles. The summed E-state index contributed by atoms with van der Waals surface area (Å²) in [6, 6.07) is 9.34. The van der Waals surface area contributed by atoms with Crippen molar-refractivity contribution in [1.82, 2.24) is 5.32 Å². The van der Waals surface area contributed by atoms with Gasteiger partial charge in [0.25, 0.3) is 0 Å². The number of carbonyl (C=O) groups excluding carboxylic acids is 2. The van der Waals surface area contributed by atoms with Gasteiger partial charge >= 0.3 is 0 Å². The topological polar surface area (TPSA) is 62.6 Å². The van der Waals surface area contributed by atoms with Crippen molar-refractivity contribution in [3.05, 3.63) is 53.5 Å². The number of hydrogen-bond acceptors (Lipinski definition) is 3. The van der Waals surface area contributed by atoms with Crippen LogP contribution >= 0.6 is 0 Å². The molecule has 22 heavy (non-hydrogen) atoms. The molecule has 0 fully saturated rings. The van der Waals surface area contributed by atoms with Crippen molar-refractivity contribution in [2.75, 3.05) is 11.4 Å². The quantitative estimate of drug-likeness (QED) is 0.923. The highest BCUT2D eigenvalue weighted by Crippen LogP contribution is 2.24. The summed E-state index contributed by atoms with van der Waals surface area (Å²) in [6.07, 6.45) is 1.56. The molecule has 0 aliphatic heterocycles. The molecular weight excluding hydrogens is 280 g/mol. The van der Waals surface area contributed by atoms with E-state index >= 15 is 0 Å². The van der Waals surface area contributed by atoms with Gasteiger partial charge in [-0.15, -0.1) is 0 Å². The van der Waals surface area contributed by atoms with Gasteiger partial charge < -0.3 is 14.6 Å². The lowest BCUT2D eigenvalue weighted by atomic mass is 10.1. The van der Waals surface area contributed by atoms with Crippen molar-refractivity contribution in [2.45, 2.75) is 27.3 Å². The molecular formula is C17H20N2O3. The zero-order valence-corrected chi connectivity index (χ0v) is 13.1. The Kier molecular flexibility index (Phi) is 4.99. The number of hydrogen-bond donors (Lipinski definition) is 1. The standard InChI is InChI=1S/C17H20N2O3/c1-12-6-4-7-13(2)17(12)19(14(3)20)11-16(21)18-10-15-8-5-9-22-15/h4-9H,10-11H2,1-3H3,(H,18,21). The average molecular weight is 300 g/mol. The van der Waals surface area contributed by atoms with Crippen molar-refractivity contribution < 1.29 is 14.0 Å². The number of nitrogens with zero attached hydrogens (tertiary/aromatic N) is 1. The third-order valence-corrected chi connectivity index (χ3v) is 3.43. The second kappa shape index (κ2) is 6.93. The fraction of sp³-hybridized carbons (Fsp3) is 0.294. The molecule has 0 aliphatic carbocycles. The number of amides is 2. The molecule has 0 unspecified atom stereocenters. The first-order valence-electron chi connectivity index (χ1n) is 7.12. The predicted molar refractivity (Wildman–Crippen MR) is 84.5 cm³/mol. The van der Waals surface area contributed by atoms with Gasteiger partial charge in [0.05, 0.1) is 18.5 Å². The highest BCUT2D eigenvalue weighted by molar-refractivity contribution is 5.98. The lowest BCUT2D eigenvalue weighted by Gasteiger charge is -2.24. The van der Waals surface area contributed by atoms with Crippen LogP contribution in [0.1, 0.15) is 23.8 Å². The maximum atomic E-state index is 12.1. The summed E-state index contributed by atoms with van der Waals surface area (Å²) in [6.45, 7) is 5.62. The molecule has 0 bridgehead atoms. The average Bonchev–Trinajstić information content (AvgIpc) is 2.97. The molecule has 2 aromatic rings. The first kappa shape index (κ1) is 15.8. The van der Waals surface area contributed by atoms with Crippen LogP contribution in [0, 0.1) is 13.8 Å². The van der Waals surface area contributed by atoms with E-state index in [0.29, 0.717) is 12.3 Å². The molecule has 0 saturated carbocycles. The first-order chi connectivity index (χ1) is 10.5. The number of para-hydroxylation sites is 1. The highest BCUT2D eigenvalue weighted by atomic mass is 16.3. The predicted octanol–water partition coefficient (Wildman–Crippen LogP) is 2.57. The van der Waals surface area contributed by atoms with Crippen LogP contribution in [0.5, 0.6) is 0 Å². The van der Waals surface area contributed by atoms with Gasteiger partial charge in [-0.05, 0) is 37.1 Å². The lowest BCUT2D eigenvalue weighted by molar-refractivity contribution is -0.123. The molecule has 5 nitrogen and oxygen atoms in total. The molecule has 1 heterocycles. The van der Waals surface area contributed by atoms with Crippen LogP contribution < -0.4 is 10.2 Å². The summed E-state index contributed by atoms with van der Waals surface area (Å²) in [5.41, 5.74) is 2.73. The number of nitrogens with one attached hydrogen (secondary N) is 1. The Labute approximate surface area is 129 Å². The normalized spacial score (nSPS) is 10.3. The molecule has 1 aromatic heterocycles. The maximum absolute atomic E-state index is 12.1. The van der Waals surface area contributed by atoms with Gasteiger partial charge in [0.1, 0.15) is 12.3 Å². The zero-order valence-electron chi connectivity index (χ0n) is 13.1. The minimum absolute atomic E-state index is 0.0122. The number of anilines is 1. The molecule has 5 heteroatoms. The van der Waals surface area contributed by atoms with Crippen LogP contribution in [0.15, 0.2) is 41.0 Å². The molecule has 0 atom stereocenters. The molecule has 0 aliphatic rings. The van der Waals surface area contributed by atoms with Gasteiger partial charge in [-0.3, -0.25) is 9.59 Å². The van der Waals surface area contributed by atoms with Crippen molar-refractivity contribution in [1.29, 1.82) is 0 Å². The van der Waals surface area contributed by atoms with Crippen LogP contribution in [0.2, 0.25) is 0 Å². The van der Waals surface area contributed by atoms with Gasteiger partial charge in [0, 0.05) is 6.92 Å². The summed E-state index contributed by atoms with van der Waals surface area (Å²) in [7, 11) is 0. The van der Waals surface area contributed by atoms with E-state index in [4.69, 9.17) is 4.42 Å². The van der Waals surface area contributed by atoms with E-state index in [1.54, 1.807) is 18.4 Å². The minimum atomic E-state index is -0.228. The first-order valence-corrected chi connectivity index (χ1v) is 7.12. The summed E-state index contributed by atoms with van der Waals surface area (Å²) in [5.74, 6) is 0.287. The van der Waals surface area contributed by atoms with Gasteiger partial charge in [-0.2, -0.15) is 0 Å². The Morgan fingerprint density at radius 2 is 1.82 bits per heavy atom. The molecule has 0 radical (unpaired) electrons. The van der Waals surface area contributed by atoms with E-state index in [0.717, 1.165) is 16.8 Å². The fourth-order valence-electron chi connectivity index (χ4n) is 2.38. The summed E-state index contributed by atoms with van der Waals surface area (Å²) in [4.78, 5) is 25.5. The maximum Gasteiger partial charge on any atom is 0.240 e. The van der Waals surface area contributed by atoms with Crippen molar-refractivity contribution in [3.63, 3.8) is 0 Å². The number of carbonyl (C=O) groups is 2. The van der Waals surface area contributed by atoms with Crippen molar-refractivity contribution >= 4 is 17.5 Å². The molecule has 2 rings (SSSR count). The molecule has 1 N–H and O–H groups in total. The number of benzene rings is 1. The SMILES string of the molecule is CC(=O)N(CC(=O)NCc1ccco1)c1c(C)cccc1C. The Morgan fingerprint density at radius 1 is 1.14 bits per heavy atom.